The maximum Gasteiger partial charge on any atom is 0.328 e. The molecule has 1 unspecified atom stereocenters. The van der Waals surface area contributed by atoms with E-state index in [1.54, 1.807) is 24.3 Å². The minimum absolute atomic E-state index is 0.0287. The number of carbonyl (C=O) groups is 2. The predicted molar refractivity (Wildman–Crippen MR) is 63.4 cm³/mol. The van der Waals surface area contributed by atoms with Gasteiger partial charge in [0.05, 0.1) is 20.1 Å². The number of methoxy groups -OCH3 is 1. The fourth-order valence-corrected chi connectivity index (χ4v) is 1.40. The molecule has 98 valence electrons. The van der Waals surface area contributed by atoms with Crippen LogP contribution < -0.4 is 10.1 Å². The molecular formula is C12H15NO5. The van der Waals surface area contributed by atoms with Crippen LogP contribution in [0.15, 0.2) is 24.3 Å². The van der Waals surface area contributed by atoms with Crippen LogP contribution in [0.2, 0.25) is 0 Å². The van der Waals surface area contributed by atoms with Gasteiger partial charge in [0, 0.05) is 0 Å². The minimum atomic E-state index is -1.27. The summed E-state index contributed by atoms with van der Waals surface area (Å²) in [5, 5.41) is 19.7. The Bertz CT molecular complexity index is 432. The minimum Gasteiger partial charge on any atom is -0.497 e. The van der Waals surface area contributed by atoms with E-state index in [1.807, 2.05) is 0 Å². The van der Waals surface area contributed by atoms with Gasteiger partial charge >= 0.3 is 5.97 Å². The Kier molecular flexibility index (Phi) is 5.13. The molecule has 3 N–H and O–H groups in total. The summed E-state index contributed by atoms with van der Waals surface area (Å²) in [5.41, 5.74) is 0.703. The molecular weight excluding hydrogens is 238 g/mol. The molecule has 0 aliphatic rings. The number of nitrogens with one attached hydrogen (secondary N) is 1. The van der Waals surface area contributed by atoms with Gasteiger partial charge in [0.1, 0.15) is 11.8 Å². The highest BCUT2D eigenvalue weighted by Crippen LogP contribution is 2.12. The number of carboxylic acids is 1. The first-order valence-electron chi connectivity index (χ1n) is 5.32. The van der Waals surface area contributed by atoms with Gasteiger partial charge in [0.15, 0.2) is 0 Å². The van der Waals surface area contributed by atoms with Gasteiger partial charge in [-0.2, -0.15) is 0 Å². The van der Waals surface area contributed by atoms with Crippen LogP contribution in [0.25, 0.3) is 0 Å². The van der Waals surface area contributed by atoms with Gasteiger partial charge in [-0.1, -0.05) is 12.1 Å². The van der Waals surface area contributed by atoms with Crippen molar-refractivity contribution >= 4 is 11.9 Å². The van der Waals surface area contributed by atoms with Crippen LogP contribution in [0.3, 0.4) is 0 Å². The van der Waals surface area contributed by atoms with Crippen molar-refractivity contribution in [1.82, 2.24) is 5.32 Å². The van der Waals surface area contributed by atoms with Crippen molar-refractivity contribution in [2.24, 2.45) is 0 Å². The van der Waals surface area contributed by atoms with Crippen molar-refractivity contribution in [3.8, 4) is 5.75 Å². The van der Waals surface area contributed by atoms with Crippen LogP contribution in [0.1, 0.15) is 5.56 Å². The zero-order chi connectivity index (χ0) is 13.5. The average Bonchev–Trinajstić information content (AvgIpc) is 2.35. The van der Waals surface area contributed by atoms with E-state index in [0.717, 1.165) is 0 Å². The van der Waals surface area contributed by atoms with Crippen molar-refractivity contribution in [2.45, 2.75) is 12.5 Å². The highest BCUT2D eigenvalue weighted by atomic mass is 16.5. The molecule has 1 amide bonds. The van der Waals surface area contributed by atoms with Gasteiger partial charge in [-0.25, -0.2) is 4.79 Å². The number of aliphatic hydroxyl groups is 1. The lowest BCUT2D eigenvalue weighted by Crippen LogP contribution is -2.43. The van der Waals surface area contributed by atoms with E-state index in [9.17, 15) is 9.59 Å². The molecule has 0 bridgehead atoms. The van der Waals surface area contributed by atoms with Crippen molar-refractivity contribution in [2.75, 3.05) is 13.7 Å². The summed E-state index contributed by atoms with van der Waals surface area (Å²) in [5.74, 6) is -1.11. The molecule has 0 aliphatic heterocycles. The number of amides is 1. The van der Waals surface area contributed by atoms with E-state index in [2.05, 4.69) is 5.32 Å². The van der Waals surface area contributed by atoms with Gasteiger partial charge in [-0.3, -0.25) is 4.79 Å². The number of hydrogen-bond acceptors (Lipinski definition) is 4. The highest BCUT2D eigenvalue weighted by Gasteiger charge is 2.18. The van der Waals surface area contributed by atoms with Crippen molar-refractivity contribution in [3.05, 3.63) is 29.8 Å². The molecule has 0 heterocycles. The second-order valence-corrected chi connectivity index (χ2v) is 3.67. The lowest BCUT2D eigenvalue weighted by molar-refractivity contribution is -0.142. The Labute approximate surface area is 104 Å². The number of ether oxygens (including phenoxy) is 1. The smallest absolute Gasteiger partial charge is 0.328 e. The number of rotatable bonds is 6. The van der Waals surface area contributed by atoms with Gasteiger partial charge in [-0.15, -0.1) is 0 Å². The zero-order valence-corrected chi connectivity index (χ0v) is 9.92. The van der Waals surface area contributed by atoms with Crippen molar-refractivity contribution < 1.29 is 24.5 Å². The number of carboxylic acid groups (broad SMARTS) is 1. The molecule has 6 heteroatoms. The third kappa shape index (κ3) is 4.06. The molecule has 1 aromatic rings. The molecule has 0 aromatic heterocycles. The fraction of sp³-hybridized carbons (Fsp3) is 0.333. The predicted octanol–water partition coefficient (Wildman–Crippen LogP) is -0.201. The lowest BCUT2D eigenvalue weighted by atomic mass is 10.1. The quantitative estimate of drug-likeness (QED) is 0.652. The normalized spacial score (nSPS) is 11.7. The van der Waals surface area contributed by atoms with Crippen LogP contribution in [0.4, 0.5) is 0 Å². The first kappa shape index (κ1) is 14.0. The molecule has 6 nitrogen and oxygen atoms in total. The SMILES string of the molecule is COc1cccc(CC(=O)NC(CO)C(=O)O)c1. The Morgan fingerprint density at radius 2 is 2.17 bits per heavy atom. The molecule has 0 saturated carbocycles. The standard InChI is InChI=1S/C12H15NO5/c1-18-9-4-2-3-8(5-9)6-11(15)13-10(7-14)12(16)17/h2-5,10,14H,6-7H2,1H3,(H,13,15)(H,16,17). The monoisotopic (exact) mass is 253 g/mol. The van der Waals surface area contributed by atoms with Crippen LogP contribution in [0.5, 0.6) is 5.75 Å². The lowest BCUT2D eigenvalue weighted by Gasteiger charge is -2.11. The molecule has 1 rings (SSSR count). The maximum absolute atomic E-state index is 11.6. The number of hydrogen-bond donors (Lipinski definition) is 3. The second kappa shape index (κ2) is 6.61. The first-order valence-corrected chi connectivity index (χ1v) is 5.32. The van der Waals surface area contributed by atoms with Crippen LogP contribution >= 0.6 is 0 Å². The summed E-state index contributed by atoms with van der Waals surface area (Å²) >= 11 is 0. The summed E-state index contributed by atoms with van der Waals surface area (Å²) in [6.07, 6.45) is 0.0287. The molecule has 0 saturated heterocycles. The Morgan fingerprint density at radius 3 is 2.72 bits per heavy atom. The Morgan fingerprint density at radius 1 is 1.44 bits per heavy atom. The molecule has 1 atom stereocenters. The molecule has 0 radical (unpaired) electrons. The first-order chi connectivity index (χ1) is 8.56. The zero-order valence-electron chi connectivity index (χ0n) is 9.92. The molecule has 1 aromatic carbocycles. The maximum atomic E-state index is 11.6. The third-order valence-corrected chi connectivity index (χ3v) is 2.31. The Hall–Kier alpha value is -2.08. The van der Waals surface area contributed by atoms with Gasteiger partial charge in [0.25, 0.3) is 0 Å². The van der Waals surface area contributed by atoms with E-state index >= 15 is 0 Å². The van der Waals surface area contributed by atoms with Crippen molar-refractivity contribution in [3.63, 3.8) is 0 Å². The largest absolute Gasteiger partial charge is 0.497 e. The Balaban J connectivity index is 2.61. The number of aliphatic carboxylic acids is 1. The molecule has 0 aliphatic carbocycles. The highest BCUT2D eigenvalue weighted by molar-refractivity contribution is 5.84. The van der Waals surface area contributed by atoms with E-state index in [4.69, 9.17) is 14.9 Å². The van der Waals surface area contributed by atoms with E-state index in [-0.39, 0.29) is 6.42 Å². The van der Waals surface area contributed by atoms with Crippen LogP contribution in [-0.2, 0) is 16.0 Å². The topological polar surface area (TPSA) is 95.9 Å². The molecule has 0 fully saturated rings. The van der Waals surface area contributed by atoms with Crippen LogP contribution in [0, 0.1) is 0 Å². The van der Waals surface area contributed by atoms with E-state index in [0.29, 0.717) is 11.3 Å². The number of aliphatic hydroxyl groups excluding tert-OH is 1. The summed E-state index contributed by atoms with van der Waals surface area (Å²) in [7, 11) is 1.52. The van der Waals surface area contributed by atoms with Gasteiger partial charge in [-0.05, 0) is 17.7 Å². The molecule has 0 spiro atoms. The summed E-state index contributed by atoms with van der Waals surface area (Å²) in [4.78, 5) is 22.2. The summed E-state index contributed by atoms with van der Waals surface area (Å²) in [6.45, 7) is -0.640. The third-order valence-electron chi connectivity index (χ3n) is 2.31. The van der Waals surface area contributed by atoms with E-state index in [1.165, 1.54) is 7.11 Å². The second-order valence-electron chi connectivity index (χ2n) is 3.67. The van der Waals surface area contributed by atoms with Gasteiger partial charge < -0.3 is 20.3 Å². The van der Waals surface area contributed by atoms with Gasteiger partial charge in [0.2, 0.25) is 5.91 Å². The van der Waals surface area contributed by atoms with E-state index < -0.39 is 24.5 Å². The summed E-state index contributed by atoms with van der Waals surface area (Å²) in [6, 6.07) is 5.63. The fourth-order valence-electron chi connectivity index (χ4n) is 1.40. The average molecular weight is 253 g/mol. The summed E-state index contributed by atoms with van der Waals surface area (Å²) < 4.78 is 5.01. The number of carbonyl (C=O) groups excluding carboxylic acids is 1. The number of benzene rings is 1. The molecule has 18 heavy (non-hydrogen) atoms. The van der Waals surface area contributed by atoms with Crippen molar-refractivity contribution in [1.29, 1.82) is 0 Å². The van der Waals surface area contributed by atoms with Crippen LogP contribution in [-0.4, -0.2) is 41.8 Å².